The summed E-state index contributed by atoms with van der Waals surface area (Å²) in [6, 6.07) is 15.8. The van der Waals surface area contributed by atoms with Gasteiger partial charge < -0.3 is 9.94 Å². The van der Waals surface area contributed by atoms with Gasteiger partial charge in [0.2, 0.25) is 0 Å². The second kappa shape index (κ2) is 6.05. The van der Waals surface area contributed by atoms with E-state index in [1.54, 1.807) is 6.92 Å². The molecule has 0 saturated heterocycles. The van der Waals surface area contributed by atoms with Crippen LogP contribution >= 0.6 is 0 Å². The van der Waals surface area contributed by atoms with E-state index in [0.29, 0.717) is 12.3 Å². The van der Waals surface area contributed by atoms with Crippen LogP contribution in [0.4, 0.5) is 0 Å². The summed E-state index contributed by atoms with van der Waals surface area (Å²) < 4.78 is 5.88. The lowest BCUT2D eigenvalue weighted by Gasteiger charge is -2.13. The Morgan fingerprint density at radius 2 is 1.84 bits per heavy atom. The zero-order valence-electron chi connectivity index (χ0n) is 11.1. The molecule has 2 rings (SSSR count). The molecule has 0 atom stereocenters. The number of hydrogen-bond acceptors (Lipinski definition) is 3. The average molecular weight is 255 g/mol. The van der Waals surface area contributed by atoms with E-state index in [0.717, 1.165) is 22.4 Å². The predicted octanol–water partition coefficient (Wildman–Crippen LogP) is 3.77. The van der Waals surface area contributed by atoms with Crippen LogP contribution < -0.4 is 4.74 Å². The van der Waals surface area contributed by atoms with Gasteiger partial charge in [-0.25, -0.2) is 0 Å². The van der Waals surface area contributed by atoms with Gasteiger partial charge in [-0.2, -0.15) is 0 Å². The molecule has 3 nitrogen and oxygen atoms in total. The molecule has 0 radical (unpaired) electrons. The van der Waals surface area contributed by atoms with Crippen LogP contribution in [0.15, 0.2) is 53.7 Å². The Kier molecular flexibility index (Phi) is 4.18. The molecule has 0 unspecified atom stereocenters. The molecule has 2 aromatic rings. The van der Waals surface area contributed by atoms with Crippen molar-refractivity contribution in [2.24, 2.45) is 5.16 Å². The van der Waals surface area contributed by atoms with Crippen LogP contribution in [0.3, 0.4) is 0 Å². The molecule has 0 aliphatic rings. The van der Waals surface area contributed by atoms with E-state index in [4.69, 9.17) is 9.94 Å². The van der Waals surface area contributed by atoms with Crippen molar-refractivity contribution in [3.8, 4) is 5.75 Å². The quantitative estimate of drug-likeness (QED) is 0.513. The lowest BCUT2D eigenvalue weighted by atomic mass is 10.1. The number of hydrogen-bond donors (Lipinski definition) is 1. The fourth-order valence-electron chi connectivity index (χ4n) is 1.91. The van der Waals surface area contributed by atoms with Crippen molar-refractivity contribution in [1.29, 1.82) is 0 Å². The van der Waals surface area contributed by atoms with Gasteiger partial charge in [-0.15, -0.1) is 0 Å². The van der Waals surface area contributed by atoms with E-state index >= 15 is 0 Å². The zero-order valence-corrected chi connectivity index (χ0v) is 11.1. The van der Waals surface area contributed by atoms with Gasteiger partial charge in [0.25, 0.3) is 0 Å². The van der Waals surface area contributed by atoms with Crippen molar-refractivity contribution in [3.05, 3.63) is 65.2 Å². The third-order valence-electron chi connectivity index (χ3n) is 2.98. The number of rotatable bonds is 4. The first-order chi connectivity index (χ1) is 9.22. The van der Waals surface area contributed by atoms with Crippen LogP contribution in [0, 0.1) is 6.92 Å². The highest BCUT2D eigenvalue weighted by atomic mass is 16.5. The van der Waals surface area contributed by atoms with Crippen molar-refractivity contribution < 1.29 is 9.94 Å². The summed E-state index contributed by atoms with van der Waals surface area (Å²) in [5.74, 6) is 0.765. The first-order valence-electron chi connectivity index (χ1n) is 6.17. The normalized spacial score (nSPS) is 11.4. The van der Waals surface area contributed by atoms with Gasteiger partial charge in [-0.1, -0.05) is 47.6 Å². The highest BCUT2D eigenvalue weighted by molar-refractivity contribution is 6.01. The molecule has 2 aromatic carbocycles. The zero-order chi connectivity index (χ0) is 13.7. The molecule has 0 bridgehead atoms. The van der Waals surface area contributed by atoms with Crippen molar-refractivity contribution in [1.82, 2.24) is 0 Å². The Hall–Kier alpha value is -2.29. The van der Waals surface area contributed by atoms with Crippen molar-refractivity contribution >= 4 is 5.71 Å². The number of nitrogens with zero attached hydrogens (tertiary/aromatic N) is 1. The standard InChI is InChI=1S/C16H17NO2/c1-12-7-6-10-15(13(2)17-18)16(12)19-11-14-8-4-3-5-9-14/h3-10,18H,11H2,1-2H3/b17-13+. The monoisotopic (exact) mass is 255 g/mol. The fourth-order valence-corrected chi connectivity index (χ4v) is 1.91. The van der Waals surface area contributed by atoms with Gasteiger partial charge in [-0.3, -0.25) is 0 Å². The van der Waals surface area contributed by atoms with Gasteiger partial charge in [0, 0.05) is 5.56 Å². The van der Waals surface area contributed by atoms with Crippen LogP contribution in [-0.4, -0.2) is 10.9 Å². The molecule has 0 saturated carbocycles. The van der Waals surface area contributed by atoms with Crippen LogP contribution in [0.5, 0.6) is 5.75 Å². The van der Waals surface area contributed by atoms with E-state index < -0.39 is 0 Å². The number of oxime groups is 1. The summed E-state index contributed by atoms with van der Waals surface area (Å²) in [5.41, 5.74) is 3.50. The van der Waals surface area contributed by atoms with E-state index in [1.165, 1.54) is 0 Å². The maximum Gasteiger partial charge on any atom is 0.131 e. The molecular weight excluding hydrogens is 238 g/mol. The average Bonchev–Trinajstić information content (AvgIpc) is 2.46. The third kappa shape index (κ3) is 3.13. The molecule has 0 heterocycles. The van der Waals surface area contributed by atoms with Gasteiger partial charge in [0.05, 0.1) is 5.71 Å². The summed E-state index contributed by atoms with van der Waals surface area (Å²) >= 11 is 0. The minimum absolute atomic E-state index is 0.497. The summed E-state index contributed by atoms with van der Waals surface area (Å²) in [5, 5.41) is 12.2. The van der Waals surface area contributed by atoms with E-state index in [2.05, 4.69) is 5.16 Å². The lowest BCUT2D eigenvalue weighted by Crippen LogP contribution is -2.04. The summed E-state index contributed by atoms with van der Waals surface area (Å²) in [6.45, 7) is 4.23. The van der Waals surface area contributed by atoms with Crippen LogP contribution in [0.1, 0.15) is 23.6 Å². The summed E-state index contributed by atoms with van der Waals surface area (Å²) in [6.07, 6.45) is 0. The summed E-state index contributed by atoms with van der Waals surface area (Å²) in [7, 11) is 0. The Morgan fingerprint density at radius 3 is 2.53 bits per heavy atom. The molecule has 0 aromatic heterocycles. The Labute approximate surface area is 113 Å². The third-order valence-corrected chi connectivity index (χ3v) is 2.98. The fraction of sp³-hybridized carbons (Fsp3) is 0.188. The largest absolute Gasteiger partial charge is 0.488 e. The Morgan fingerprint density at radius 1 is 1.11 bits per heavy atom. The van der Waals surface area contributed by atoms with Gasteiger partial charge in [-0.05, 0) is 31.0 Å². The molecule has 0 aliphatic carbocycles. The first kappa shape index (κ1) is 13.1. The molecule has 0 fully saturated rings. The van der Waals surface area contributed by atoms with Gasteiger partial charge in [0.15, 0.2) is 0 Å². The minimum atomic E-state index is 0.497. The molecule has 3 heteroatoms. The van der Waals surface area contributed by atoms with E-state index in [1.807, 2.05) is 55.5 Å². The number of aryl methyl sites for hydroxylation is 1. The van der Waals surface area contributed by atoms with Crippen LogP contribution in [0.2, 0.25) is 0 Å². The molecule has 19 heavy (non-hydrogen) atoms. The summed E-state index contributed by atoms with van der Waals surface area (Å²) in [4.78, 5) is 0. The second-order valence-corrected chi connectivity index (χ2v) is 4.41. The lowest BCUT2D eigenvalue weighted by molar-refractivity contribution is 0.301. The van der Waals surface area contributed by atoms with E-state index in [-0.39, 0.29) is 0 Å². The predicted molar refractivity (Wildman–Crippen MR) is 76.0 cm³/mol. The van der Waals surface area contributed by atoms with Gasteiger partial charge >= 0.3 is 0 Å². The topological polar surface area (TPSA) is 41.8 Å². The van der Waals surface area contributed by atoms with Gasteiger partial charge in [0.1, 0.15) is 12.4 Å². The second-order valence-electron chi connectivity index (χ2n) is 4.41. The minimum Gasteiger partial charge on any atom is -0.488 e. The highest BCUT2D eigenvalue weighted by Crippen LogP contribution is 2.25. The van der Waals surface area contributed by atoms with E-state index in [9.17, 15) is 0 Å². The highest BCUT2D eigenvalue weighted by Gasteiger charge is 2.10. The molecular formula is C16H17NO2. The number of ether oxygens (including phenoxy) is 1. The molecule has 0 amide bonds. The van der Waals surface area contributed by atoms with Crippen molar-refractivity contribution in [3.63, 3.8) is 0 Å². The number of benzene rings is 2. The molecule has 1 N–H and O–H groups in total. The Bertz CT molecular complexity index is 577. The molecule has 0 aliphatic heterocycles. The Balaban J connectivity index is 2.24. The maximum absolute atomic E-state index is 8.92. The maximum atomic E-state index is 8.92. The molecule has 0 spiro atoms. The molecule has 98 valence electrons. The SMILES string of the molecule is C/C(=N\O)c1cccc(C)c1OCc1ccccc1. The number of para-hydroxylation sites is 1. The smallest absolute Gasteiger partial charge is 0.131 e. The first-order valence-corrected chi connectivity index (χ1v) is 6.17. The van der Waals surface area contributed by atoms with Crippen LogP contribution in [0.25, 0.3) is 0 Å². The van der Waals surface area contributed by atoms with Crippen LogP contribution in [-0.2, 0) is 6.61 Å². The van der Waals surface area contributed by atoms with Crippen molar-refractivity contribution in [2.75, 3.05) is 0 Å². The van der Waals surface area contributed by atoms with Crippen molar-refractivity contribution in [2.45, 2.75) is 20.5 Å².